The zero-order valence-electron chi connectivity index (χ0n) is 27.4. The lowest BCUT2D eigenvalue weighted by Crippen LogP contribution is -2.17. The van der Waals surface area contributed by atoms with E-state index in [1.54, 1.807) is 0 Å². The Bertz CT molecular complexity index is 2410. The van der Waals surface area contributed by atoms with E-state index < -0.39 is 0 Å². The van der Waals surface area contributed by atoms with Gasteiger partial charge < -0.3 is 4.90 Å². The Hall–Kier alpha value is -5.40. The molecule has 0 fully saturated rings. The van der Waals surface area contributed by atoms with Crippen LogP contribution in [0.3, 0.4) is 0 Å². The van der Waals surface area contributed by atoms with Gasteiger partial charge in [0.1, 0.15) is 0 Å². The summed E-state index contributed by atoms with van der Waals surface area (Å²) in [6, 6.07) is 54.4. The number of hydrogen-bond acceptors (Lipinski definition) is 1. The number of rotatable bonds is 4. The number of nitrogens with zero attached hydrogens (tertiary/aromatic N) is 1. The van der Waals surface area contributed by atoms with E-state index in [0.29, 0.717) is 5.92 Å². The molecule has 1 heteroatoms. The predicted octanol–water partition coefficient (Wildman–Crippen LogP) is 13.2. The van der Waals surface area contributed by atoms with Crippen molar-refractivity contribution < 1.29 is 0 Å². The van der Waals surface area contributed by atoms with Gasteiger partial charge in [0.15, 0.2) is 0 Å². The lowest BCUT2D eigenvalue weighted by molar-refractivity contribution is 0.658. The molecule has 1 aliphatic carbocycles. The topological polar surface area (TPSA) is 3.24 Å². The maximum atomic E-state index is 2.53. The first-order chi connectivity index (χ1) is 22.9. The first-order valence-corrected chi connectivity index (χ1v) is 16.8. The molecule has 0 saturated carbocycles. The quantitative estimate of drug-likeness (QED) is 0.181. The first-order valence-electron chi connectivity index (χ1n) is 16.8. The molecule has 0 unspecified atom stereocenters. The minimum atomic E-state index is -0.117. The molecule has 0 saturated heterocycles. The van der Waals surface area contributed by atoms with Crippen LogP contribution < -0.4 is 4.90 Å². The third-order valence-corrected chi connectivity index (χ3v) is 10.6. The average molecular weight is 604 g/mol. The molecule has 1 aliphatic rings. The van der Waals surface area contributed by atoms with Gasteiger partial charge in [0, 0.05) is 21.9 Å². The second kappa shape index (κ2) is 10.3. The smallest absolute Gasteiger partial charge is 0.0546 e. The fraction of sp³-hybridized carbons (Fsp3) is 0.130. The molecule has 0 spiro atoms. The summed E-state index contributed by atoms with van der Waals surface area (Å²) in [5, 5.41) is 10.1. The van der Waals surface area contributed by atoms with E-state index in [0.717, 1.165) is 0 Å². The van der Waals surface area contributed by atoms with Crippen LogP contribution in [0.15, 0.2) is 146 Å². The van der Waals surface area contributed by atoms with Crippen LogP contribution in [0.5, 0.6) is 0 Å². The van der Waals surface area contributed by atoms with Crippen molar-refractivity contribution in [1.82, 2.24) is 0 Å². The fourth-order valence-corrected chi connectivity index (χ4v) is 8.09. The van der Waals surface area contributed by atoms with E-state index in [-0.39, 0.29) is 5.41 Å². The second-order valence-corrected chi connectivity index (χ2v) is 14.0. The first kappa shape index (κ1) is 27.9. The summed E-state index contributed by atoms with van der Waals surface area (Å²) in [7, 11) is 0. The van der Waals surface area contributed by atoms with E-state index in [4.69, 9.17) is 0 Å². The minimum absolute atomic E-state index is 0.117. The summed E-state index contributed by atoms with van der Waals surface area (Å²) in [6.07, 6.45) is 0. The highest BCUT2D eigenvalue weighted by atomic mass is 15.1. The van der Waals surface area contributed by atoms with Crippen molar-refractivity contribution in [2.45, 2.75) is 39.0 Å². The van der Waals surface area contributed by atoms with Crippen molar-refractivity contribution in [3.8, 4) is 11.1 Å². The monoisotopic (exact) mass is 603 g/mol. The van der Waals surface area contributed by atoms with Crippen molar-refractivity contribution in [2.24, 2.45) is 0 Å². The molecular weight excluding hydrogens is 567 g/mol. The predicted molar refractivity (Wildman–Crippen MR) is 203 cm³/mol. The molecule has 8 aromatic rings. The molecule has 0 N–H and O–H groups in total. The minimum Gasteiger partial charge on any atom is -0.309 e. The number of anilines is 3. The molecule has 226 valence electrons. The second-order valence-electron chi connectivity index (χ2n) is 14.0. The Kier molecular flexibility index (Phi) is 6.11. The molecule has 0 aliphatic heterocycles. The third kappa shape index (κ3) is 4.16. The Morgan fingerprint density at radius 2 is 0.894 bits per heavy atom. The Morgan fingerprint density at radius 3 is 1.43 bits per heavy atom. The van der Waals surface area contributed by atoms with Gasteiger partial charge in [0.2, 0.25) is 0 Å². The molecule has 0 aromatic heterocycles. The molecule has 0 amide bonds. The standard InChI is InChI=1S/C46H37N/c1-29(2)30-21-23-38-39-24-22-33(28-43(39)46(3,4)42(38)25-30)47(44-26-31-13-5-7-15-34(31)36-17-9-11-19-40(36)44)45-27-32-14-6-8-16-35(32)37-18-10-12-20-41(37)45/h5-29H,1-4H3. The van der Waals surface area contributed by atoms with Crippen LogP contribution in [-0.4, -0.2) is 0 Å². The molecule has 0 atom stereocenters. The van der Waals surface area contributed by atoms with E-state index in [1.807, 2.05) is 0 Å². The maximum absolute atomic E-state index is 2.53. The largest absolute Gasteiger partial charge is 0.309 e. The van der Waals surface area contributed by atoms with Gasteiger partial charge in [-0.1, -0.05) is 149 Å². The zero-order chi connectivity index (χ0) is 31.9. The van der Waals surface area contributed by atoms with Crippen molar-refractivity contribution in [3.05, 3.63) is 162 Å². The molecule has 0 heterocycles. The highest BCUT2D eigenvalue weighted by Crippen LogP contribution is 2.52. The van der Waals surface area contributed by atoms with E-state index in [9.17, 15) is 0 Å². The van der Waals surface area contributed by atoms with Crippen LogP contribution >= 0.6 is 0 Å². The lowest BCUT2D eigenvalue weighted by Gasteiger charge is -2.31. The van der Waals surface area contributed by atoms with E-state index >= 15 is 0 Å². The third-order valence-electron chi connectivity index (χ3n) is 10.6. The van der Waals surface area contributed by atoms with Gasteiger partial charge in [0.05, 0.1) is 11.4 Å². The normalized spacial score (nSPS) is 13.5. The SMILES string of the molecule is CC(C)c1ccc2c(c1)C(C)(C)c1cc(N(c3cc4ccccc4c4ccccc34)c3cc4ccccc4c4ccccc34)ccc1-2. The van der Waals surface area contributed by atoms with Gasteiger partial charge in [0.25, 0.3) is 0 Å². The van der Waals surface area contributed by atoms with Crippen LogP contribution in [-0.2, 0) is 5.41 Å². The van der Waals surface area contributed by atoms with Gasteiger partial charge in [-0.3, -0.25) is 0 Å². The summed E-state index contributed by atoms with van der Waals surface area (Å²) in [5.74, 6) is 0.494. The molecule has 1 nitrogen and oxygen atoms in total. The molecule has 9 rings (SSSR count). The molecule has 0 radical (unpaired) electrons. The number of hydrogen-bond donors (Lipinski definition) is 0. The molecule has 0 bridgehead atoms. The summed E-state index contributed by atoms with van der Waals surface area (Å²) in [6.45, 7) is 9.36. The van der Waals surface area contributed by atoms with E-state index in [1.165, 1.54) is 88.0 Å². The number of fused-ring (bicyclic) bond motifs is 9. The Labute approximate surface area is 276 Å². The van der Waals surface area contributed by atoms with Gasteiger partial charge in [-0.15, -0.1) is 0 Å². The van der Waals surface area contributed by atoms with Crippen LogP contribution in [0.1, 0.15) is 50.3 Å². The van der Waals surface area contributed by atoms with Crippen LogP contribution in [0.2, 0.25) is 0 Å². The van der Waals surface area contributed by atoms with Crippen LogP contribution in [0, 0.1) is 0 Å². The van der Waals surface area contributed by atoms with Gasteiger partial charge in [-0.2, -0.15) is 0 Å². The highest BCUT2D eigenvalue weighted by Gasteiger charge is 2.36. The van der Waals surface area contributed by atoms with Crippen molar-refractivity contribution in [2.75, 3.05) is 4.90 Å². The molecular formula is C46H37N. The summed E-state index contributed by atoms with van der Waals surface area (Å²) in [4.78, 5) is 2.53. The highest BCUT2D eigenvalue weighted by molar-refractivity contribution is 6.18. The van der Waals surface area contributed by atoms with Crippen LogP contribution in [0.4, 0.5) is 17.1 Å². The summed E-state index contributed by atoms with van der Waals surface area (Å²) < 4.78 is 0. The molecule has 47 heavy (non-hydrogen) atoms. The van der Waals surface area contributed by atoms with Crippen molar-refractivity contribution >= 4 is 60.2 Å². The fourth-order valence-electron chi connectivity index (χ4n) is 8.09. The Balaban J connectivity index is 1.37. The average Bonchev–Trinajstić information content (AvgIpc) is 3.33. The summed E-state index contributed by atoms with van der Waals surface area (Å²) in [5.41, 5.74) is 10.3. The van der Waals surface area contributed by atoms with Crippen molar-refractivity contribution in [3.63, 3.8) is 0 Å². The van der Waals surface area contributed by atoms with Gasteiger partial charge in [-0.25, -0.2) is 0 Å². The Morgan fingerprint density at radius 1 is 0.447 bits per heavy atom. The van der Waals surface area contributed by atoms with Crippen LogP contribution in [0.25, 0.3) is 54.2 Å². The lowest BCUT2D eigenvalue weighted by atomic mass is 9.81. The van der Waals surface area contributed by atoms with Crippen molar-refractivity contribution in [1.29, 1.82) is 0 Å². The zero-order valence-corrected chi connectivity index (χ0v) is 27.4. The maximum Gasteiger partial charge on any atom is 0.0546 e. The number of benzene rings is 8. The summed E-state index contributed by atoms with van der Waals surface area (Å²) >= 11 is 0. The van der Waals surface area contributed by atoms with Gasteiger partial charge >= 0.3 is 0 Å². The van der Waals surface area contributed by atoms with E-state index in [2.05, 4.69) is 178 Å². The van der Waals surface area contributed by atoms with Gasteiger partial charge in [-0.05, 0) is 90.3 Å². The molecule has 8 aromatic carbocycles.